The van der Waals surface area contributed by atoms with E-state index < -0.39 is 18.2 Å². The molecule has 4 rings (SSSR count). The lowest BCUT2D eigenvalue weighted by Gasteiger charge is -2.36. The van der Waals surface area contributed by atoms with Crippen LogP contribution in [0, 0.1) is 13.8 Å². The molecule has 1 saturated heterocycles. The van der Waals surface area contributed by atoms with Crippen molar-refractivity contribution in [1.82, 2.24) is 20.5 Å². The molecule has 0 aromatic heterocycles. The van der Waals surface area contributed by atoms with Crippen molar-refractivity contribution in [3.8, 4) is 0 Å². The molecule has 0 spiro atoms. The summed E-state index contributed by atoms with van der Waals surface area (Å²) < 4.78 is 0. The molecule has 2 unspecified atom stereocenters. The van der Waals surface area contributed by atoms with E-state index in [0.717, 1.165) is 22.3 Å². The van der Waals surface area contributed by atoms with Gasteiger partial charge in [0.15, 0.2) is 12.2 Å². The van der Waals surface area contributed by atoms with Crippen LogP contribution >= 0.6 is 11.6 Å². The Bertz CT molecular complexity index is 1080. The maximum absolute atomic E-state index is 12.7. The van der Waals surface area contributed by atoms with Crippen molar-refractivity contribution >= 4 is 35.7 Å². The van der Waals surface area contributed by atoms with Crippen LogP contribution in [0.4, 0.5) is 4.79 Å². The monoisotopic (exact) mass is 438 g/mol. The zero-order chi connectivity index (χ0) is 22.1. The number of fused-ring (bicyclic) bond motifs is 1. The van der Waals surface area contributed by atoms with Gasteiger partial charge in [0.05, 0.1) is 6.21 Å². The topological polar surface area (TPSA) is 89.4 Å². The van der Waals surface area contributed by atoms with E-state index in [1.807, 2.05) is 30.9 Å². The second-order valence-electron chi connectivity index (χ2n) is 7.70. The van der Waals surface area contributed by atoms with Gasteiger partial charge >= 0.3 is 6.03 Å². The largest absolute Gasteiger partial charge is 0.325 e. The average molecular weight is 439 g/mol. The third-order valence-corrected chi connectivity index (χ3v) is 5.71. The summed E-state index contributed by atoms with van der Waals surface area (Å²) in [5.41, 5.74) is 7.13. The van der Waals surface area contributed by atoms with Gasteiger partial charge in [-0.2, -0.15) is 5.10 Å². The molecule has 2 N–H and O–H groups in total. The highest BCUT2D eigenvalue weighted by Gasteiger charge is 2.48. The van der Waals surface area contributed by atoms with Crippen molar-refractivity contribution in [3.63, 3.8) is 0 Å². The number of aliphatic imine (C=N–C) groups is 1. The van der Waals surface area contributed by atoms with Crippen LogP contribution in [0.1, 0.15) is 22.3 Å². The summed E-state index contributed by atoms with van der Waals surface area (Å²) in [6, 6.07) is 12.3. The number of amides is 3. The smallest absolute Gasteiger partial charge is 0.321 e. The Morgan fingerprint density at radius 3 is 2.68 bits per heavy atom. The molecule has 0 radical (unpaired) electrons. The van der Waals surface area contributed by atoms with E-state index in [2.05, 4.69) is 39.0 Å². The summed E-state index contributed by atoms with van der Waals surface area (Å²) in [6.07, 6.45) is 1.02. The Morgan fingerprint density at radius 1 is 1.19 bits per heavy atom. The van der Waals surface area contributed by atoms with Gasteiger partial charge in [0, 0.05) is 18.6 Å². The van der Waals surface area contributed by atoms with Crippen LogP contribution in [0.5, 0.6) is 0 Å². The molecule has 3 amide bonds. The molecule has 2 aliphatic heterocycles. The fraction of sp³-hybridized carbons (Fsp3) is 0.273. The minimum absolute atomic E-state index is 0.374. The molecule has 0 bridgehead atoms. The van der Waals surface area contributed by atoms with Gasteiger partial charge in [-0.05, 0) is 42.7 Å². The number of hydrazone groups is 1. The summed E-state index contributed by atoms with van der Waals surface area (Å²) >= 11 is 5.92. The van der Waals surface area contributed by atoms with Crippen LogP contribution in [-0.2, 0) is 11.3 Å². The van der Waals surface area contributed by atoms with Crippen LogP contribution in [0.2, 0.25) is 5.02 Å². The van der Waals surface area contributed by atoms with Crippen LogP contribution in [0.25, 0.3) is 0 Å². The number of nitrogens with zero attached hydrogens (tertiary/aromatic N) is 4. The number of carbonyl (C=O) groups excluding carboxylic acids is 2. The van der Waals surface area contributed by atoms with Gasteiger partial charge in [-0.25, -0.2) is 15.2 Å². The molecule has 2 aromatic rings. The number of nitrogens with one attached hydrogen (secondary N) is 2. The van der Waals surface area contributed by atoms with Crippen LogP contribution in [-0.4, -0.2) is 53.2 Å². The lowest BCUT2D eigenvalue weighted by atomic mass is 10.0. The quantitative estimate of drug-likeness (QED) is 0.567. The van der Waals surface area contributed by atoms with Crippen LogP contribution in [0.15, 0.2) is 52.6 Å². The molecule has 2 aromatic carbocycles. The Labute approximate surface area is 185 Å². The highest BCUT2D eigenvalue weighted by molar-refractivity contribution is 6.30. The second kappa shape index (κ2) is 8.39. The zero-order valence-electron chi connectivity index (χ0n) is 17.5. The molecule has 9 heteroatoms. The van der Waals surface area contributed by atoms with Gasteiger partial charge in [0.25, 0.3) is 5.91 Å². The SMILES string of the molecule is Cc1ccc(C)c(CN2C(N/N=C/c3ccc(Cl)cc3)=NC3C2C(=O)NC(=O)N3C)c1. The zero-order valence-corrected chi connectivity index (χ0v) is 18.2. The third-order valence-electron chi connectivity index (χ3n) is 5.45. The molecule has 160 valence electrons. The molecule has 2 aliphatic rings. The maximum Gasteiger partial charge on any atom is 0.325 e. The molecular weight excluding hydrogens is 416 g/mol. The Kier molecular flexibility index (Phi) is 5.65. The highest BCUT2D eigenvalue weighted by atomic mass is 35.5. The van der Waals surface area contributed by atoms with Crippen molar-refractivity contribution in [2.24, 2.45) is 10.1 Å². The summed E-state index contributed by atoms with van der Waals surface area (Å²) in [5.74, 6) is 0.0541. The van der Waals surface area contributed by atoms with Crippen molar-refractivity contribution < 1.29 is 9.59 Å². The predicted molar refractivity (Wildman–Crippen MR) is 120 cm³/mol. The number of imide groups is 1. The summed E-state index contributed by atoms with van der Waals surface area (Å²) in [4.78, 5) is 32.7. The number of likely N-dealkylation sites (N-methyl/N-ethyl adjacent to an activating group) is 1. The van der Waals surface area contributed by atoms with Crippen LogP contribution in [0.3, 0.4) is 0 Å². The van der Waals surface area contributed by atoms with Gasteiger partial charge in [-0.1, -0.05) is 47.5 Å². The number of urea groups is 1. The number of carbonyl (C=O) groups is 2. The number of benzene rings is 2. The molecule has 2 atom stereocenters. The third kappa shape index (κ3) is 4.25. The second-order valence-corrected chi connectivity index (χ2v) is 8.13. The van der Waals surface area contributed by atoms with E-state index in [9.17, 15) is 9.59 Å². The number of aryl methyl sites for hydroxylation is 2. The standard InChI is InChI=1S/C22H23ClN6O2/c1-13-4-5-14(2)16(10-13)12-29-18-19(28(3)22(31)26-20(18)30)25-21(29)27-24-11-15-6-8-17(23)9-7-15/h4-11,18-19H,12H2,1-3H3,(H,25,27)(H,26,30,31)/b24-11+. The molecule has 8 nitrogen and oxygen atoms in total. The normalized spacial score (nSPS) is 20.7. The molecule has 1 fully saturated rings. The van der Waals surface area contributed by atoms with E-state index in [4.69, 9.17) is 11.6 Å². The molecule has 31 heavy (non-hydrogen) atoms. The van der Waals surface area contributed by atoms with Crippen molar-refractivity contribution in [1.29, 1.82) is 0 Å². The molecule has 0 saturated carbocycles. The van der Waals surface area contributed by atoms with Crippen molar-refractivity contribution in [2.45, 2.75) is 32.6 Å². The molecule has 2 heterocycles. The first-order valence-electron chi connectivity index (χ1n) is 9.86. The van der Waals surface area contributed by atoms with Gasteiger partial charge in [-0.3, -0.25) is 10.1 Å². The van der Waals surface area contributed by atoms with E-state index >= 15 is 0 Å². The number of hydrogen-bond acceptors (Lipinski definition) is 6. The number of hydrogen-bond donors (Lipinski definition) is 2. The van der Waals surface area contributed by atoms with Gasteiger partial charge in [0.2, 0.25) is 5.96 Å². The fourth-order valence-corrected chi connectivity index (χ4v) is 3.79. The van der Waals surface area contributed by atoms with E-state index in [1.54, 1.807) is 25.4 Å². The van der Waals surface area contributed by atoms with Crippen LogP contribution < -0.4 is 10.7 Å². The highest BCUT2D eigenvalue weighted by Crippen LogP contribution is 2.26. The fourth-order valence-electron chi connectivity index (χ4n) is 3.66. The first kappa shape index (κ1) is 20.9. The van der Waals surface area contributed by atoms with E-state index in [1.165, 1.54) is 4.90 Å². The minimum Gasteiger partial charge on any atom is -0.321 e. The Hall–Kier alpha value is -3.39. The summed E-state index contributed by atoms with van der Waals surface area (Å²) in [6.45, 7) is 4.51. The first-order chi connectivity index (χ1) is 14.8. The Morgan fingerprint density at radius 2 is 1.94 bits per heavy atom. The first-order valence-corrected chi connectivity index (χ1v) is 10.2. The summed E-state index contributed by atoms with van der Waals surface area (Å²) in [5, 5.41) is 7.34. The van der Waals surface area contributed by atoms with Gasteiger partial charge in [-0.15, -0.1) is 0 Å². The predicted octanol–water partition coefficient (Wildman–Crippen LogP) is 2.63. The Balaban J connectivity index is 1.62. The number of guanidine groups is 1. The summed E-state index contributed by atoms with van der Waals surface area (Å²) in [7, 11) is 1.62. The van der Waals surface area contributed by atoms with E-state index in [0.29, 0.717) is 17.5 Å². The van der Waals surface area contributed by atoms with Gasteiger partial charge < -0.3 is 9.80 Å². The lowest BCUT2D eigenvalue weighted by molar-refractivity contribution is -0.127. The average Bonchev–Trinajstić information content (AvgIpc) is 3.09. The molecular formula is C22H23ClN6O2. The number of halogens is 1. The van der Waals surface area contributed by atoms with Crippen molar-refractivity contribution in [3.05, 3.63) is 69.7 Å². The number of rotatable bonds is 4. The molecule has 0 aliphatic carbocycles. The van der Waals surface area contributed by atoms with E-state index in [-0.39, 0.29) is 5.91 Å². The maximum atomic E-state index is 12.7. The minimum atomic E-state index is -0.643. The van der Waals surface area contributed by atoms with Crippen molar-refractivity contribution in [2.75, 3.05) is 7.05 Å². The lowest BCUT2D eigenvalue weighted by Crippen LogP contribution is -2.63. The van der Waals surface area contributed by atoms with Gasteiger partial charge in [0.1, 0.15) is 0 Å².